The highest BCUT2D eigenvalue weighted by molar-refractivity contribution is 5.68. The fourth-order valence-electron chi connectivity index (χ4n) is 2.75. The molecule has 1 N–H and O–H groups in total. The Labute approximate surface area is 108 Å². The minimum Gasteiger partial charge on any atom is -0.395 e. The number of carbonyl (C=O) groups excluding carboxylic acids is 1. The van der Waals surface area contributed by atoms with Gasteiger partial charge in [-0.1, -0.05) is 30.3 Å². The summed E-state index contributed by atoms with van der Waals surface area (Å²) in [5.74, 6) is 0. The van der Waals surface area contributed by atoms with Crippen LogP contribution in [0.25, 0.3) is 0 Å². The molecule has 0 spiro atoms. The lowest BCUT2D eigenvalue weighted by atomic mass is 9.83. The van der Waals surface area contributed by atoms with Gasteiger partial charge in [0.15, 0.2) is 0 Å². The van der Waals surface area contributed by atoms with E-state index in [9.17, 15) is 9.90 Å². The molecular weight excluding hydrogens is 226 g/mol. The van der Waals surface area contributed by atoms with E-state index in [1.807, 2.05) is 37.3 Å². The van der Waals surface area contributed by atoms with Gasteiger partial charge in [0, 0.05) is 12.6 Å². The van der Waals surface area contributed by atoms with Crippen molar-refractivity contribution in [3.8, 4) is 0 Å². The van der Waals surface area contributed by atoms with Gasteiger partial charge in [0.1, 0.15) is 6.29 Å². The number of aliphatic hydroxyl groups is 1. The fourth-order valence-corrected chi connectivity index (χ4v) is 2.75. The van der Waals surface area contributed by atoms with Crippen LogP contribution in [0.5, 0.6) is 0 Å². The molecular formula is C15H21NO2. The number of rotatable bonds is 5. The maximum Gasteiger partial charge on any atom is 0.131 e. The Hall–Kier alpha value is -1.19. The first kappa shape index (κ1) is 13.2. The van der Waals surface area contributed by atoms with Crippen LogP contribution in [0.2, 0.25) is 0 Å². The zero-order valence-electron chi connectivity index (χ0n) is 10.9. The number of benzene rings is 1. The Morgan fingerprint density at radius 3 is 2.78 bits per heavy atom. The number of likely N-dealkylation sites (tertiary alicyclic amines) is 1. The molecule has 1 aliphatic heterocycles. The highest BCUT2D eigenvalue weighted by atomic mass is 16.3. The Morgan fingerprint density at radius 1 is 1.44 bits per heavy atom. The Balaban J connectivity index is 2.16. The number of nitrogens with zero attached hydrogens (tertiary/aromatic N) is 1. The van der Waals surface area contributed by atoms with Gasteiger partial charge in [-0.3, -0.25) is 4.90 Å². The van der Waals surface area contributed by atoms with Gasteiger partial charge >= 0.3 is 0 Å². The number of hydrogen-bond acceptors (Lipinski definition) is 3. The molecule has 0 bridgehead atoms. The third-order valence-corrected chi connectivity index (χ3v) is 3.93. The third-order valence-electron chi connectivity index (χ3n) is 3.93. The second-order valence-electron chi connectivity index (χ2n) is 5.35. The van der Waals surface area contributed by atoms with E-state index < -0.39 is 5.41 Å². The summed E-state index contributed by atoms with van der Waals surface area (Å²) in [4.78, 5) is 13.8. The maximum absolute atomic E-state index is 11.5. The van der Waals surface area contributed by atoms with Crippen LogP contribution in [0, 0.1) is 0 Å². The minimum atomic E-state index is -0.487. The van der Waals surface area contributed by atoms with Gasteiger partial charge in [-0.25, -0.2) is 0 Å². The predicted molar refractivity (Wildman–Crippen MR) is 71.5 cm³/mol. The quantitative estimate of drug-likeness (QED) is 0.803. The SMILES string of the molecule is CC(C=O)(CN1CCCC1CO)c1ccccc1. The first-order valence-corrected chi connectivity index (χ1v) is 6.56. The molecule has 2 rings (SSSR count). The first-order chi connectivity index (χ1) is 8.69. The molecule has 1 heterocycles. The molecule has 1 fully saturated rings. The molecule has 0 radical (unpaired) electrons. The third kappa shape index (κ3) is 2.62. The fraction of sp³-hybridized carbons (Fsp3) is 0.533. The molecule has 0 amide bonds. The molecule has 1 aromatic rings. The average Bonchev–Trinajstić information content (AvgIpc) is 2.86. The van der Waals surface area contributed by atoms with Crippen molar-refractivity contribution in [1.82, 2.24) is 4.90 Å². The standard InChI is InChI=1S/C15H21NO2/c1-15(12-18,13-6-3-2-4-7-13)11-16-9-5-8-14(16)10-17/h2-4,6-7,12,14,17H,5,8-11H2,1H3. The van der Waals surface area contributed by atoms with Gasteiger partial charge < -0.3 is 9.90 Å². The van der Waals surface area contributed by atoms with Gasteiger partial charge in [0.05, 0.1) is 12.0 Å². The van der Waals surface area contributed by atoms with Crippen molar-refractivity contribution >= 4 is 6.29 Å². The summed E-state index contributed by atoms with van der Waals surface area (Å²) in [5, 5.41) is 9.35. The van der Waals surface area contributed by atoms with Crippen LogP contribution in [0.3, 0.4) is 0 Å². The lowest BCUT2D eigenvalue weighted by Crippen LogP contribution is -2.43. The summed E-state index contributed by atoms with van der Waals surface area (Å²) in [6.07, 6.45) is 3.17. The second kappa shape index (κ2) is 5.63. The number of hydrogen-bond donors (Lipinski definition) is 1. The van der Waals surface area contributed by atoms with Crippen LogP contribution in [0.1, 0.15) is 25.3 Å². The van der Waals surface area contributed by atoms with Gasteiger partial charge in [-0.15, -0.1) is 0 Å². The molecule has 0 aromatic heterocycles. The van der Waals surface area contributed by atoms with Crippen LogP contribution in [-0.4, -0.2) is 42.0 Å². The highest BCUT2D eigenvalue weighted by Crippen LogP contribution is 2.26. The van der Waals surface area contributed by atoms with Crippen LogP contribution in [0.15, 0.2) is 30.3 Å². The molecule has 1 aromatic carbocycles. The van der Waals surface area contributed by atoms with E-state index in [4.69, 9.17) is 0 Å². The smallest absolute Gasteiger partial charge is 0.131 e. The zero-order valence-corrected chi connectivity index (χ0v) is 10.9. The predicted octanol–water partition coefficient (Wildman–Crippen LogP) is 1.60. The van der Waals surface area contributed by atoms with Crippen LogP contribution in [0.4, 0.5) is 0 Å². The summed E-state index contributed by atoms with van der Waals surface area (Å²) in [6, 6.07) is 10.1. The molecule has 3 heteroatoms. The lowest BCUT2D eigenvalue weighted by molar-refractivity contribution is -0.112. The second-order valence-corrected chi connectivity index (χ2v) is 5.35. The highest BCUT2D eigenvalue weighted by Gasteiger charge is 2.33. The van der Waals surface area contributed by atoms with Crippen LogP contribution < -0.4 is 0 Å². The van der Waals surface area contributed by atoms with Crippen molar-refractivity contribution in [1.29, 1.82) is 0 Å². The summed E-state index contributed by atoms with van der Waals surface area (Å²) in [7, 11) is 0. The number of carbonyl (C=O) groups is 1. The molecule has 18 heavy (non-hydrogen) atoms. The van der Waals surface area contributed by atoms with E-state index in [-0.39, 0.29) is 12.6 Å². The number of aldehydes is 1. The van der Waals surface area contributed by atoms with E-state index in [0.717, 1.165) is 31.2 Å². The van der Waals surface area contributed by atoms with Crippen molar-refractivity contribution in [3.05, 3.63) is 35.9 Å². The minimum absolute atomic E-state index is 0.184. The van der Waals surface area contributed by atoms with Gasteiger partial charge in [-0.05, 0) is 31.9 Å². The molecule has 0 saturated carbocycles. The van der Waals surface area contributed by atoms with Gasteiger partial charge in [0.2, 0.25) is 0 Å². The normalized spacial score (nSPS) is 23.8. The van der Waals surface area contributed by atoms with Crippen molar-refractivity contribution in [2.75, 3.05) is 19.7 Å². The van der Waals surface area contributed by atoms with Crippen LogP contribution >= 0.6 is 0 Å². The Morgan fingerprint density at radius 2 is 2.17 bits per heavy atom. The van der Waals surface area contributed by atoms with E-state index in [1.165, 1.54) is 0 Å². The molecule has 2 unspecified atom stereocenters. The maximum atomic E-state index is 11.5. The van der Waals surface area contributed by atoms with E-state index in [0.29, 0.717) is 6.54 Å². The summed E-state index contributed by atoms with van der Waals surface area (Å²) in [5.41, 5.74) is 0.558. The number of aliphatic hydroxyl groups excluding tert-OH is 1. The largest absolute Gasteiger partial charge is 0.395 e. The Kier molecular flexibility index (Phi) is 4.15. The monoisotopic (exact) mass is 247 g/mol. The van der Waals surface area contributed by atoms with E-state index >= 15 is 0 Å². The van der Waals surface area contributed by atoms with Crippen molar-refractivity contribution in [2.45, 2.75) is 31.2 Å². The zero-order chi connectivity index (χ0) is 13.0. The van der Waals surface area contributed by atoms with Crippen molar-refractivity contribution < 1.29 is 9.90 Å². The van der Waals surface area contributed by atoms with E-state index in [1.54, 1.807) is 0 Å². The summed E-state index contributed by atoms with van der Waals surface area (Å²) < 4.78 is 0. The van der Waals surface area contributed by atoms with Crippen LogP contribution in [-0.2, 0) is 10.2 Å². The average molecular weight is 247 g/mol. The molecule has 1 aliphatic rings. The lowest BCUT2D eigenvalue weighted by Gasteiger charge is -2.32. The van der Waals surface area contributed by atoms with Crippen molar-refractivity contribution in [3.63, 3.8) is 0 Å². The van der Waals surface area contributed by atoms with Crippen molar-refractivity contribution in [2.24, 2.45) is 0 Å². The summed E-state index contributed by atoms with van der Waals surface area (Å²) in [6.45, 7) is 3.82. The molecule has 3 nitrogen and oxygen atoms in total. The Bertz CT molecular complexity index is 393. The van der Waals surface area contributed by atoms with E-state index in [2.05, 4.69) is 4.90 Å². The first-order valence-electron chi connectivity index (χ1n) is 6.56. The molecule has 0 aliphatic carbocycles. The van der Waals surface area contributed by atoms with Gasteiger partial charge in [0.25, 0.3) is 0 Å². The summed E-state index contributed by atoms with van der Waals surface area (Å²) >= 11 is 0. The topological polar surface area (TPSA) is 40.5 Å². The molecule has 98 valence electrons. The molecule has 2 atom stereocenters. The van der Waals surface area contributed by atoms with Gasteiger partial charge in [-0.2, -0.15) is 0 Å². The molecule has 1 saturated heterocycles.